The Morgan fingerprint density at radius 3 is 3.00 bits per heavy atom. The maximum atomic E-state index is 5.62. The fourth-order valence-electron chi connectivity index (χ4n) is 1.90. The van der Waals surface area contributed by atoms with Crippen molar-refractivity contribution in [3.05, 3.63) is 35.9 Å². The molecule has 0 saturated carbocycles. The molecule has 2 N–H and O–H groups in total. The summed E-state index contributed by atoms with van der Waals surface area (Å²) in [6.45, 7) is 3.60. The van der Waals surface area contributed by atoms with Crippen molar-refractivity contribution in [1.82, 2.24) is 14.3 Å². The molecule has 0 aliphatic rings. The van der Waals surface area contributed by atoms with Crippen LogP contribution in [0.2, 0.25) is 0 Å². The Kier molecular flexibility index (Phi) is 6.01. The molecule has 2 aromatic heterocycles. The number of rotatable bonds is 8. The van der Waals surface area contributed by atoms with Gasteiger partial charge in [0.2, 0.25) is 5.13 Å². The van der Waals surface area contributed by atoms with E-state index in [0.29, 0.717) is 11.4 Å². The lowest BCUT2D eigenvalue weighted by atomic mass is 10.2. The topological polar surface area (TPSA) is 67.9 Å². The van der Waals surface area contributed by atoms with E-state index < -0.39 is 0 Å². The summed E-state index contributed by atoms with van der Waals surface area (Å²) < 4.78 is 4.40. The van der Waals surface area contributed by atoms with Gasteiger partial charge in [-0.1, -0.05) is 25.2 Å². The first-order valence-electron chi connectivity index (χ1n) is 6.93. The van der Waals surface area contributed by atoms with Gasteiger partial charge in [-0.25, -0.2) is 4.98 Å². The Morgan fingerprint density at radius 1 is 1.48 bits per heavy atom. The van der Waals surface area contributed by atoms with Crippen molar-refractivity contribution in [3.8, 4) is 0 Å². The van der Waals surface area contributed by atoms with Gasteiger partial charge in [0.25, 0.3) is 0 Å². The van der Waals surface area contributed by atoms with E-state index in [-0.39, 0.29) is 0 Å². The number of hydrogen-bond acceptors (Lipinski definition) is 6. The first kappa shape index (κ1) is 15.8. The van der Waals surface area contributed by atoms with Crippen LogP contribution in [-0.4, -0.2) is 25.9 Å². The molecule has 2 rings (SSSR count). The van der Waals surface area contributed by atoms with Gasteiger partial charge >= 0.3 is 0 Å². The molecule has 5 nitrogen and oxygen atoms in total. The third kappa shape index (κ3) is 5.02. The van der Waals surface area contributed by atoms with Crippen LogP contribution >= 0.6 is 23.8 Å². The average molecular weight is 321 g/mol. The molecule has 7 heteroatoms. The maximum absolute atomic E-state index is 5.62. The lowest BCUT2D eigenvalue weighted by Crippen LogP contribution is -2.27. The van der Waals surface area contributed by atoms with Crippen molar-refractivity contribution in [3.63, 3.8) is 0 Å². The first-order valence-corrected chi connectivity index (χ1v) is 8.12. The van der Waals surface area contributed by atoms with Crippen LogP contribution in [-0.2, 0) is 13.0 Å². The predicted molar refractivity (Wildman–Crippen MR) is 90.6 cm³/mol. The van der Waals surface area contributed by atoms with E-state index in [1.807, 2.05) is 12.3 Å². The van der Waals surface area contributed by atoms with Gasteiger partial charge < -0.3 is 10.6 Å². The number of nitrogens with zero attached hydrogens (tertiary/aromatic N) is 4. The largest absolute Gasteiger partial charge is 0.393 e. The zero-order valence-corrected chi connectivity index (χ0v) is 13.7. The first-order chi connectivity index (χ1) is 10.2. The molecule has 0 spiro atoms. The van der Waals surface area contributed by atoms with E-state index in [1.165, 1.54) is 11.5 Å². The van der Waals surface area contributed by atoms with Crippen LogP contribution in [0.25, 0.3) is 0 Å². The second-order valence-corrected chi connectivity index (χ2v) is 6.00. The van der Waals surface area contributed by atoms with Crippen molar-refractivity contribution < 1.29 is 0 Å². The van der Waals surface area contributed by atoms with E-state index in [2.05, 4.69) is 32.2 Å². The zero-order valence-electron chi connectivity index (χ0n) is 12.0. The van der Waals surface area contributed by atoms with E-state index >= 15 is 0 Å². The second kappa shape index (κ2) is 7.99. The summed E-state index contributed by atoms with van der Waals surface area (Å²) in [7, 11) is 0. The van der Waals surface area contributed by atoms with Crippen LogP contribution in [0.5, 0.6) is 0 Å². The molecule has 0 aromatic carbocycles. The minimum absolute atomic E-state index is 0.518. The van der Waals surface area contributed by atoms with Crippen LogP contribution in [0.4, 0.5) is 5.13 Å². The van der Waals surface area contributed by atoms with Gasteiger partial charge in [0, 0.05) is 49.9 Å². The summed E-state index contributed by atoms with van der Waals surface area (Å²) in [4.78, 5) is 11.4. The third-order valence-corrected chi connectivity index (χ3v) is 3.94. The minimum atomic E-state index is 0.518. The molecule has 0 unspecified atom stereocenters. The van der Waals surface area contributed by atoms with Crippen molar-refractivity contribution >= 4 is 33.9 Å². The van der Waals surface area contributed by atoms with Gasteiger partial charge in [0.15, 0.2) is 0 Å². The number of anilines is 1. The molecule has 0 aliphatic heterocycles. The van der Waals surface area contributed by atoms with Crippen molar-refractivity contribution in [2.75, 3.05) is 11.4 Å². The number of aryl methyl sites for hydroxylation is 1. The van der Waals surface area contributed by atoms with Crippen LogP contribution in [0.1, 0.15) is 31.2 Å². The van der Waals surface area contributed by atoms with E-state index in [1.54, 1.807) is 6.20 Å². The maximum Gasteiger partial charge on any atom is 0.205 e. The van der Waals surface area contributed by atoms with Gasteiger partial charge in [-0.3, -0.25) is 4.98 Å². The Bertz CT molecular complexity index is 570. The predicted octanol–water partition coefficient (Wildman–Crippen LogP) is 2.57. The molecule has 0 bridgehead atoms. The second-order valence-electron chi connectivity index (χ2n) is 4.74. The Morgan fingerprint density at radius 2 is 2.33 bits per heavy atom. The highest BCUT2D eigenvalue weighted by Crippen LogP contribution is 2.20. The highest BCUT2D eigenvalue weighted by atomic mass is 32.1. The monoisotopic (exact) mass is 321 g/mol. The van der Waals surface area contributed by atoms with E-state index in [9.17, 15) is 0 Å². The zero-order chi connectivity index (χ0) is 15.1. The average Bonchev–Trinajstić information content (AvgIpc) is 2.93. The molecule has 0 fully saturated rings. The molecule has 112 valence electrons. The number of thiocarbonyl (C=S) groups is 1. The fraction of sp³-hybridized carbons (Fsp3) is 0.429. The van der Waals surface area contributed by atoms with Gasteiger partial charge in [-0.2, -0.15) is 4.37 Å². The fourth-order valence-corrected chi connectivity index (χ4v) is 2.73. The smallest absolute Gasteiger partial charge is 0.205 e. The Labute approximate surface area is 134 Å². The van der Waals surface area contributed by atoms with Crippen LogP contribution in [0, 0.1) is 0 Å². The Hall–Kier alpha value is -1.60. The molecular weight excluding hydrogens is 302 g/mol. The third-order valence-electron chi connectivity index (χ3n) is 2.93. The summed E-state index contributed by atoms with van der Waals surface area (Å²) in [5, 5.41) is 0.915. The van der Waals surface area contributed by atoms with Gasteiger partial charge in [-0.15, -0.1) is 0 Å². The van der Waals surface area contributed by atoms with Crippen LogP contribution in [0.3, 0.4) is 0 Å². The normalized spacial score (nSPS) is 10.5. The number of pyridine rings is 1. The molecular formula is C14H19N5S2. The summed E-state index contributed by atoms with van der Waals surface area (Å²) in [6, 6.07) is 3.98. The molecule has 21 heavy (non-hydrogen) atoms. The van der Waals surface area contributed by atoms with Crippen molar-refractivity contribution in [2.45, 2.75) is 32.7 Å². The summed E-state index contributed by atoms with van der Waals surface area (Å²) in [5.41, 5.74) is 6.76. The summed E-state index contributed by atoms with van der Waals surface area (Å²) >= 11 is 6.41. The number of hydrogen-bond donors (Lipinski definition) is 1. The molecule has 2 aromatic rings. The van der Waals surface area contributed by atoms with E-state index in [0.717, 1.165) is 42.5 Å². The quantitative estimate of drug-likeness (QED) is 0.754. The lowest BCUT2D eigenvalue weighted by Gasteiger charge is -2.21. The molecule has 0 amide bonds. The highest BCUT2D eigenvalue weighted by molar-refractivity contribution is 7.80. The summed E-state index contributed by atoms with van der Waals surface area (Å²) in [6.07, 6.45) is 6.26. The van der Waals surface area contributed by atoms with Crippen molar-refractivity contribution in [2.24, 2.45) is 5.73 Å². The number of nitrogens with two attached hydrogens (primary N) is 1. The molecule has 0 saturated heterocycles. The van der Waals surface area contributed by atoms with Gasteiger partial charge in [-0.05, 0) is 18.1 Å². The van der Waals surface area contributed by atoms with Gasteiger partial charge in [0.05, 0.1) is 4.99 Å². The summed E-state index contributed by atoms with van der Waals surface area (Å²) in [5.74, 6) is 0.906. The molecule has 0 radical (unpaired) electrons. The van der Waals surface area contributed by atoms with E-state index in [4.69, 9.17) is 18.0 Å². The van der Waals surface area contributed by atoms with Crippen molar-refractivity contribution in [1.29, 1.82) is 0 Å². The lowest BCUT2D eigenvalue weighted by molar-refractivity contribution is 0.788. The SMILES string of the molecule is CCCc1nsc(N(CCC(N)=S)Cc2cccnc2)n1. The molecule has 0 atom stereocenters. The minimum Gasteiger partial charge on any atom is -0.393 e. The van der Waals surface area contributed by atoms with Gasteiger partial charge in [0.1, 0.15) is 5.82 Å². The van der Waals surface area contributed by atoms with Crippen LogP contribution in [0.15, 0.2) is 24.5 Å². The Balaban J connectivity index is 2.12. The molecule has 2 heterocycles. The molecule has 0 aliphatic carbocycles. The van der Waals surface area contributed by atoms with Crippen LogP contribution < -0.4 is 10.6 Å². The number of aromatic nitrogens is 3. The standard InChI is InChI=1S/C14H19N5S2/c1-2-4-13-17-14(21-18-13)19(8-6-12(15)20)10-11-5-3-7-16-9-11/h3,5,7,9H,2,4,6,8,10H2,1H3,(H2,15,20). The highest BCUT2D eigenvalue weighted by Gasteiger charge is 2.13.